The number of nitrogens with zero attached hydrogens (tertiary/aromatic N) is 3. The van der Waals surface area contributed by atoms with E-state index in [1.54, 1.807) is 27.7 Å². The molecule has 0 N–H and O–H groups in total. The average molecular weight is 359 g/mol. The Morgan fingerprint density at radius 3 is 2.00 bits per heavy atom. The Balaban J connectivity index is 3.16. The highest BCUT2D eigenvalue weighted by atomic mass is 32.2. The molecule has 2 atom stereocenters. The zero-order valence-corrected chi connectivity index (χ0v) is 15.4. The minimum Gasteiger partial charge on any atom is -0.341 e. The van der Waals surface area contributed by atoms with Crippen molar-refractivity contribution in [2.24, 2.45) is 0 Å². The van der Waals surface area contributed by atoms with Crippen molar-refractivity contribution < 1.29 is 23.4 Å². The summed E-state index contributed by atoms with van der Waals surface area (Å²) in [5.41, 5.74) is 0. The van der Waals surface area contributed by atoms with E-state index in [9.17, 15) is 23.4 Å². The van der Waals surface area contributed by atoms with Crippen molar-refractivity contribution in [1.29, 1.82) is 0 Å². The van der Waals surface area contributed by atoms with Gasteiger partial charge in [0, 0.05) is 37.0 Å². The van der Waals surface area contributed by atoms with E-state index in [4.69, 9.17) is 0 Å². The Morgan fingerprint density at radius 2 is 1.54 bits per heavy atom. The maximum atomic E-state index is 12.6. The van der Waals surface area contributed by atoms with Crippen molar-refractivity contribution in [2.75, 3.05) is 37.7 Å². The van der Waals surface area contributed by atoms with Gasteiger partial charge in [0.1, 0.15) is 11.8 Å². The van der Waals surface area contributed by atoms with E-state index in [0.717, 1.165) is 0 Å². The van der Waals surface area contributed by atoms with Gasteiger partial charge < -0.3 is 9.80 Å². The maximum absolute atomic E-state index is 12.6. The monoisotopic (exact) mass is 359 g/mol. The summed E-state index contributed by atoms with van der Waals surface area (Å²) < 4.78 is 11.9. The molecule has 136 valence electrons. The highest BCUT2D eigenvalue weighted by Crippen LogP contribution is 2.15. The van der Waals surface area contributed by atoms with Crippen LogP contribution in [-0.4, -0.2) is 86.3 Å². The molecule has 1 rings (SSSR count). The SMILES string of the molecule is CCN(CC)C(=O)C(=O)N1C(=O)CS(=O)CC1C(=O)N(CC)CC. The highest BCUT2D eigenvalue weighted by Gasteiger charge is 2.44. The van der Waals surface area contributed by atoms with Gasteiger partial charge in [0.15, 0.2) is 0 Å². The van der Waals surface area contributed by atoms with Gasteiger partial charge in [-0.15, -0.1) is 0 Å². The summed E-state index contributed by atoms with van der Waals surface area (Å²) in [6.07, 6.45) is 0. The first-order chi connectivity index (χ1) is 11.3. The van der Waals surface area contributed by atoms with Crippen LogP contribution in [-0.2, 0) is 30.0 Å². The standard InChI is InChI=1S/C15H25N3O5S/c1-5-16(6-2)13(20)11-9-24(23)10-12(19)18(11)15(22)14(21)17(7-3)8-4/h11H,5-10H2,1-4H3. The second kappa shape index (κ2) is 8.91. The lowest BCUT2D eigenvalue weighted by atomic mass is 10.2. The summed E-state index contributed by atoms with van der Waals surface area (Å²) in [5, 5.41) is 0. The zero-order chi connectivity index (χ0) is 18.4. The molecule has 0 bridgehead atoms. The Morgan fingerprint density at radius 1 is 1.04 bits per heavy atom. The Hall–Kier alpha value is -1.77. The number of amides is 4. The summed E-state index contributed by atoms with van der Waals surface area (Å²) >= 11 is 0. The number of hydrogen-bond donors (Lipinski definition) is 0. The largest absolute Gasteiger partial charge is 0.341 e. The summed E-state index contributed by atoms with van der Waals surface area (Å²) in [4.78, 5) is 53.1. The van der Waals surface area contributed by atoms with Crippen molar-refractivity contribution >= 4 is 34.4 Å². The molecule has 9 heteroatoms. The smallest absolute Gasteiger partial charge is 0.319 e. The minimum atomic E-state index is -1.52. The summed E-state index contributed by atoms with van der Waals surface area (Å²) in [7, 11) is -1.52. The zero-order valence-electron chi connectivity index (χ0n) is 14.6. The first kappa shape index (κ1) is 20.3. The van der Waals surface area contributed by atoms with E-state index in [2.05, 4.69) is 0 Å². The molecule has 1 aliphatic rings. The molecule has 4 amide bonds. The van der Waals surface area contributed by atoms with Gasteiger partial charge in [-0.3, -0.25) is 28.3 Å². The van der Waals surface area contributed by atoms with E-state index in [-0.39, 0.29) is 11.5 Å². The Labute approximate surface area is 144 Å². The Kier molecular flexibility index (Phi) is 7.53. The van der Waals surface area contributed by atoms with Gasteiger partial charge in [0.2, 0.25) is 11.8 Å². The van der Waals surface area contributed by atoms with Crippen LogP contribution in [0.15, 0.2) is 0 Å². The van der Waals surface area contributed by atoms with Gasteiger partial charge in [0.05, 0.1) is 5.75 Å². The first-order valence-electron chi connectivity index (χ1n) is 8.11. The van der Waals surface area contributed by atoms with Crippen LogP contribution in [0.3, 0.4) is 0 Å². The normalized spacial score (nSPS) is 20.7. The number of imide groups is 1. The molecule has 0 aliphatic carbocycles. The van der Waals surface area contributed by atoms with Crippen molar-refractivity contribution in [2.45, 2.75) is 33.7 Å². The molecule has 8 nitrogen and oxygen atoms in total. The first-order valence-corrected chi connectivity index (χ1v) is 9.59. The Bertz CT molecular complexity index is 543. The predicted molar refractivity (Wildman–Crippen MR) is 89.4 cm³/mol. The summed E-state index contributed by atoms with van der Waals surface area (Å²) in [5.74, 6) is -3.51. The number of carbonyl (C=O) groups is 4. The fourth-order valence-electron chi connectivity index (χ4n) is 2.62. The molecule has 1 saturated heterocycles. The third-order valence-corrected chi connectivity index (χ3v) is 5.28. The molecule has 0 aromatic rings. The highest BCUT2D eigenvalue weighted by molar-refractivity contribution is 7.85. The summed E-state index contributed by atoms with van der Waals surface area (Å²) in [6.45, 7) is 8.44. The number of likely N-dealkylation sites (N-methyl/N-ethyl adjacent to an activating group) is 2. The van der Waals surface area contributed by atoms with Gasteiger partial charge in [-0.1, -0.05) is 0 Å². The predicted octanol–water partition coefficient (Wildman–Crippen LogP) is -0.791. The molecule has 0 aromatic heterocycles. The number of hydrogen-bond acceptors (Lipinski definition) is 5. The second-order valence-corrected chi connectivity index (χ2v) is 6.83. The van der Waals surface area contributed by atoms with E-state index in [0.29, 0.717) is 31.1 Å². The van der Waals surface area contributed by atoms with Crippen molar-refractivity contribution in [3.05, 3.63) is 0 Å². The van der Waals surface area contributed by atoms with Crippen molar-refractivity contribution in [3.8, 4) is 0 Å². The van der Waals surface area contributed by atoms with Crippen LogP contribution < -0.4 is 0 Å². The number of rotatable bonds is 5. The minimum absolute atomic E-state index is 0.127. The van der Waals surface area contributed by atoms with Gasteiger partial charge in [-0.05, 0) is 27.7 Å². The topological polar surface area (TPSA) is 95.1 Å². The molecule has 1 aliphatic heterocycles. The van der Waals surface area contributed by atoms with Crippen LogP contribution in [0, 0.1) is 0 Å². The average Bonchev–Trinajstić information content (AvgIpc) is 2.55. The fraction of sp³-hybridized carbons (Fsp3) is 0.733. The lowest BCUT2D eigenvalue weighted by Crippen LogP contribution is -2.62. The quantitative estimate of drug-likeness (QED) is 0.600. The maximum Gasteiger partial charge on any atom is 0.319 e. The number of carbonyl (C=O) groups excluding carboxylic acids is 4. The molecule has 0 saturated carbocycles. The molecule has 1 fully saturated rings. The third kappa shape index (κ3) is 4.19. The van der Waals surface area contributed by atoms with Gasteiger partial charge in [-0.25, -0.2) is 0 Å². The molecule has 0 radical (unpaired) electrons. The molecule has 0 spiro atoms. The molecule has 1 heterocycles. The van der Waals surface area contributed by atoms with Crippen LogP contribution in [0.1, 0.15) is 27.7 Å². The van der Waals surface area contributed by atoms with E-state index in [1.807, 2.05) is 0 Å². The van der Waals surface area contributed by atoms with Crippen molar-refractivity contribution in [1.82, 2.24) is 14.7 Å². The van der Waals surface area contributed by atoms with Crippen LogP contribution >= 0.6 is 0 Å². The van der Waals surface area contributed by atoms with E-state index >= 15 is 0 Å². The van der Waals surface area contributed by atoms with Crippen molar-refractivity contribution in [3.63, 3.8) is 0 Å². The second-order valence-electron chi connectivity index (χ2n) is 5.32. The lowest BCUT2D eigenvalue weighted by Gasteiger charge is -2.35. The molecule has 2 unspecified atom stereocenters. The van der Waals surface area contributed by atoms with E-state index < -0.39 is 40.5 Å². The van der Waals surface area contributed by atoms with Crippen LogP contribution in [0.25, 0.3) is 0 Å². The van der Waals surface area contributed by atoms with E-state index in [1.165, 1.54) is 9.80 Å². The summed E-state index contributed by atoms with van der Waals surface area (Å²) in [6, 6.07) is -1.18. The molecular formula is C15H25N3O5S. The van der Waals surface area contributed by atoms with Crippen LogP contribution in [0.4, 0.5) is 0 Å². The fourth-order valence-corrected chi connectivity index (χ4v) is 3.80. The molecule has 24 heavy (non-hydrogen) atoms. The third-order valence-electron chi connectivity index (χ3n) is 4.02. The van der Waals surface area contributed by atoms with Gasteiger partial charge in [-0.2, -0.15) is 0 Å². The van der Waals surface area contributed by atoms with Crippen LogP contribution in [0.2, 0.25) is 0 Å². The molecule has 0 aromatic carbocycles. The molecular weight excluding hydrogens is 334 g/mol. The van der Waals surface area contributed by atoms with Gasteiger partial charge >= 0.3 is 11.8 Å². The van der Waals surface area contributed by atoms with Gasteiger partial charge in [0.25, 0.3) is 0 Å². The van der Waals surface area contributed by atoms with Crippen LogP contribution in [0.5, 0.6) is 0 Å². The lowest BCUT2D eigenvalue weighted by molar-refractivity contribution is -0.161.